The number of benzene rings is 2. The molecule has 1 heterocycles. The molecule has 3 rings (SSSR count). The van der Waals surface area contributed by atoms with Crippen LogP contribution in [0.2, 0.25) is 5.02 Å². The molecular formula is C18H15ClIN3O4. The van der Waals surface area contributed by atoms with Gasteiger partial charge >= 0.3 is 0 Å². The number of halogens is 2. The normalized spacial score (nSPS) is 10.6. The van der Waals surface area contributed by atoms with Crippen LogP contribution in [0.15, 0.2) is 36.4 Å². The van der Waals surface area contributed by atoms with Crippen LogP contribution in [0.25, 0.3) is 22.4 Å². The van der Waals surface area contributed by atoms with Gasteiger partial charge in [-0.1, -0.05) is 23.7 Å². The Morgan fingerprint density at radius 2 is 1.96 bits per heavy atom. The summed E-state index contributed by atoms with van der Waals surface area (Å²) in [6.07, 6.45) is 0. The maximum atomic E-state index is 12.5. The zero-order chi connectivity index (χ0) is 19.6. The summed E-state index contributed by atoms with van der Waals surface area (Å²) >= 11 is 7.78. The Kier molecular flexibility index (Phi) is 5.76. The van der Waals surface area contributed by atoms with E-state index in [4.69, 9.17) is 14.7 Å². The molecule has 0 spiro atoms. The number of rotatable bonds is 5. The van der Waals surface area contributed by atoms with Crippen LogP contribution in [0.3, 0.4) is 0 Å². The molecule has 4 N–H and O–H groups in total. The van der Waals surface area contributed by atoms with Gasteiger partial charge in [-0.15, -0.1) is 0 Å². The minimum absolute atomic E-state index is 0.0602. The highest BCUT2D eigenvalue weighted by molar-refractivity contribution is 14.1. The fourth-order valence-corrected chi connectivity index (χ4v) is 3.10. The average molecular weight is 500 g/mol. The Balaban J connectivity index is 2.23. The number of aromatic amines is 1. The number of amides is 1. The van der Waals surface area contributed by atoms with E-state index in [1.54, 1.807) is 47.3 Å². The number of H-pyrrole nitrogens is 1. The van der Waals surface area contributed by atoms with Crippen molar-refractivity contribution in [3.8, 4) is 39.6 Å². The van der Waals surface area contributed by atoms with Gasteiger partial charge in [0.25, 0.3) is 5.91 Å². The molecule has 1 amide bonds. The summed E-state index contributed by atoms with van der Waals surface area (Å²) in [5.74, 6) is -0.133. The van der Waals surface area contributed by atoms with Crippen LogP contribution in [-0.2, 0) is 0 Å². The molecule has 0 saturated heterocycles. The number of phenols is 2. The van der Waals surface area contributed by atoms with Gasteiger partial charge in [-0.2, -0.15) is 5.10 Å². The lowest BCUT2D eigenvalue weighted by Crippen LogP contribution is -2.23. The van der Waals surface area contributed by atoms with Crippen molar-refractivity contribution in [2.75, 3.05) is 6.54 Å². The molecule has 0 fully saturated rings. The highest BCUT2D eigenvalue weighted by atomic mass is 127. The predicted octanol–water partition coefficient (Wildman–Crippen LogP) is 4.29. The summed E-state index contributed by atoms with van der Waals surface area (Å²) in [5.41, 5.74) is 2.06. The van der Waals surface area contributed by atoms with Crippen molar-refractivity contribution in [3.63, 3.8) is 0 Å². The molecule has 0 aliphatic carbocycles. The molecule has 0 unspecified atom stereocenters. The molecule has 0 saturated carbocycles. The van der Waals surface area contributed by atoms with Crippen molar-refractivity contribution in [1.82, 2.24) is 15.5 Å². The van der Waals surface area contributed by atoms with E-state index in [0.29, 0.717) is 29.1 Å². The number of nitrogens with one attached hydrogen (secondary N) is 2. The number of hydrogen-bond donors (Lipinski definition) is 4. The van der Waals surface area contributed by atoms with Crippen LogP contribution in [0.4, 0.5) is 0 Å². The van der Waals surface area contributed by atoms with E-state index in [2.05, 4.69) is 15.5 Å². The van der Waals surface area contributed by atoms with Gasteiger partial charge in [0.2, 0.25) is 0 Å². The summed E-state index contributed by atoms with van der Waals surface area (Å²) in [6.45, 7) is 2.26. The Hall–Kier alpha value is -2.46. The third-order valence-electron chi connectivity index (χ3n) is 3.88. The summed E-state index contributed by atoms with van der Waals surface area (Å²) in [7, 11) is 0. The second-order valence-corrected chi connectivity index (χ2v) is 6.45. The van der Waals surface area contributed by atoms with Gasteiger partial charge < -0.3 is 18.6 Å². The van der Waals surface area contributed by atoms with Gasteiger partial charge in [0.1, 0.15) is 28.6 Å². The van der Waals surface area contributed by atoms with Crippen molar-refractivity contribution < 1.29 is 18.1 Å². The van der Waals surface area contributed by atoms with E-state index in [1.807, 2.05) is 6.92 Å². The largest absolute Gasteiger partial charge is 0.507 e. The molecule has 9 heteroatoms. The second-order valence-electron chi connectivity index (χ2n) is 5.60. The van der Waals surface area contributed by atoms with Crippen molar-refractivity contribution in [2.45, 2.75) is 6.92 Å². The van der Waals surface area contributed by atoms with E-state index in [9.17, 15) is 15.0 Å². The maximum absolute atomic E-state index is 12.5. The first-order chi connectivity index (χ1) is 13.0. The van der Waals surface area contributed by atoms with Crippen LogP contribution in [-0.4, -0.2) is 32.9 Å². The Labute approximate surface area is 174 Å². The maximum Gasteiger partial charge on any atom is 0.269 e. The molecule has 1 aromatic heterocycles. The van der Waals surface area contributed by atoms with Gasteiger partial charge in [0, 0.05) is 23.7 Å². The highest BCUT2D eigenvalue weighted by Gasteiger charge is 2.24. The van der Waals surface area contributed by atoms with Crippen molar-refractivity contribution >= 4 is 40.5 Å². The number of aromatic nitrogens is 2. The number of carbonyl (C=O) groups excluding carboxylic acids is 1. The zero-order valence-electron chi connectivity index (χ0n) is 14.1. The van der Waals surface area contributed by atoms with Crippen LogP contribution in [0, 0.1) is 0 Å². The molecule has 0 aliphatic heterocycles. The number of aromatic hydroxyl groups is 2. The smallest absolute Gasteiger partial charge is 0.269 e. The Morgan fingerprint density at radius 1 is 1.26 bits per heavy atom. The average Bonchev–Trinajstić information content (AvgIpc) is 3.10. The van der Waals surface area contributed by atoms with Gasteiger partial charge in [-0.05, 0) is 30.7 Å². The standard InChI is InChI=1S/C18H15ClIN3O4/c1-2-21-18(26)17-15(9-3-5-10(27-20)6-4-9)16(22-23-17)11-7-12(19)14(25)8-13(11)24/h3-8,24-25H,2H2,1H3,(H,21,26)(H,22,23). The fraction of sp³-hybridized carbons (Fsp3) is 0.111. The van der Waals surface area contributed by atoms with Crippen molar-refractivity contribution in [1.29, 1.82) is 0 Å². The summed E-state index contributed by atoms with van der Waals surface area (Å²) < 4.78 is 5.15. The SMILES string of the molecule is CCNC(=O)c1[nH]nc(-c2cc(Cl)c(O)cc2O)c1-c1ccc(OI)cc1. The van der Waals surface area contributed by atoms with E-state index < -0.39 is 0 Å². The molecular weight excluding hydrogens is 485 g/mol. The van der Waals surface area contributed by atoms with E-state index in [1.165, 1.54) is 6.07 Å². The number of nitrogens with zero attached hydrogens (tertiary/aromatic N) is 1. The van der Waals surface area contributed by atoms with Gasteiger partial charge in [-0.25, -0.2) is 0 Å². The number of hydrogen-bond acceptors (Lipinski definition) is 5. The van der Waals surface area contributed by atoms with Crippen LogP contribution in [0.5, 0.6) is 17.2 Å². The Morgan fingerprint density at radius 3 is 2.59 bits per heavy atom. The number of phenolic OH excluding ortho intramolecular Hbond substituents is 2. The number of carbonyl (C=O) groups is 1. The predicted molar refractivity (Wildman–Crippen MR) is 110 cm³/mol. The molecule has 7 nitrogen and oxygen atoms in total. The first-order valence-electron chi connectivity index (χ1n) is 7.93. The lowest BCUT2D eigenvalue weighted by atomic mass is 9.97. The van der Waals surface area contributed by atoms with Gasteiger partial charge in [0.05, 0.1) is 5.02 Å². The Bertz CT molecular complexity index is 989. The van der Waals surface area contributed by atoms with Crippen LogP contribution in [0.1, 0.15) is 17.4 Å². The fourth-order valence-electron chi connectivity index (χ4n) is 2.64. The van der Waals surface area contributed by atoms with Crippen LogP contribution < -0.4 is 8.38 Å². The third-order valence-corrected chi connectivity index (χ3v) is 4.69. The molecule has 0 radical (unpaired) electrons. The molecule has 3 aromatic rings. The van der Waals surface area contributed by atoms with Crippen molar-refractivity contribution in [2.24, 2.45) is 0 Å². The van der Waals surface area contributed by atoms with Crippen molar-refractivity contribution in [3.05, 3.63) is 47.1 Å². The molecule has 140 valence electrons. The second kappa shape index (κ2) is 8.05. The summed E-state index contributed by atoms with van der Waals surface area (Å²) in [6, 6.07) is 9.60. The van der Waals surface area contributed by atoms with Crippen LogP contribution >= 0.6 is 34.6 Å². The lowest BCUT2D eigenvalue weighted by Gasteiger charge is -2.09. The first kappa shape index (κ1) is 19.3. The first-order valence-corrected chi connectivity index (χ1v) is 9.19. The molecule has 0 bridgehead atoms. The highest BCUT2D eigenvalue weighted by Crippen LogP contribution is 2.41. The van der Waals surface area contributed by atoms with Gasteiger partial charge in [-0.3, -0.25) is 9.89 Å². The topological polar surface area (TPSA) is 107 Å². The molecule has 0 aliphatic rings. The summed E-state index contributed by atoms with van der Waals surface area (Å²) in [4.78, 5) is 12.5. The molecule has 27 heavy (non-hydrogen) atoms. The zero-order valence-corrected chi connectivity index (χ0v) is 17.0. The van der Waals surface area contributed by atoms with Gasteiger partial charge in [0.15, 0.2) is 23.0 Å². The minimum atomic E-state index is -0.329. The minimum Gasteiger partial charge on any atom is -0.507 e. The van der Waals surface area contributed by atoms with E-state index in [0.717, 1.165) is 6.07 Å². The quantitative estimate of drug-likeness (QED) is 0.392. The lowest BCUT2D eigenvalue weighted by molar-refractivity contribution is 0.0951. The monoisotopic (exact) mass is 499 g/mol. The van der Waals surface area contributed by atoms with E-state index >= 15 is 0 Å². The molecule has 2 aromatic carbocycles. The summed E-state index contributed by atoms with van der Waals surface area (Å²) in [5, 5.41) is 29.7. The van der Waals surface area contributed by atoms with E-state index in [-0.39, 0.29) is 33.7 Å². The third kappa shape index (κ3) is 3.81. The molecule has 0 atom stereocenters.